The van der Waals surface area contributed by atoms with Gasteiger partial charge >= 0.3 is 0 Å². The van der Waals surface area contributed by atoms with E-state index in [-0.39, 0.29) is 0 Å². The average molecular weight is 776 g/mol. The molecule has 11 aromatic carbocycles. The van der Waals surface area contributed by atoms with Gasteiger partial charge in [0.2, 0.25) is 0 Å². The maximum absolute atomic E-state index is 2.41. The highest BCUT2D eigenvalue weighted by atomic mass is 15.1. The van der Waals surface area contributed by atoms with Gasteiger partial charge in [0, 0.05) is 16.8 Å². The van der Waals surface area contributed by atoms with Gasteiger partial charge in [-0.1, -0.05) is 218 Å². The van der Waals surface area contributed by atoms with Crippen LogP contribution in [0.2, 0.25) is 0 Å². The predicted molar refractivity (Wildman–Crippen MR) is 261 cm³/mol. The summed E-state index contributed by atoms with van der Waals surface area (Å²) in [6.45, 7) is 0. The van der Waals surface area contributed by atoms with Crippen LogP contribution in [0.25, 0.3) is 88.0 Å². The molecule has 0 aliphatic carbocycles. The van der Waals surface area contributed by atoms with Crippen molar-refractivity contribution in [3.05, 3.63) is 249 Å². The second-order valence-electron chi connectivity index (χ2n) is 15.6. The van der Waals surface area contributed by atoms with Gasteiger partial charge in [0.25, 0.3) is 0 Å². The van der Waals surface area contributed by atoms with Gasteiger partial charge < -0.3 is 4.90 Å². The SMILES string of the molecule is c1ccc(-c2c(-c3ccccc3)c(-c3ccccc3)c3c(-c4ccc(N(c5ccccc5)c5cc6ccccc6c6ccccc56)cc4)cccc3c2-c2ccccc2)cc1. The van der Waals surface area contributed by atoms with E-state index in [1.807, 2.05) is 0 Å². The molecule has 0 aliphatic rings. The van der Waals surface area contributed by atoms with Gasteiger partial charge in [0.05, 0.1) is 5.69 Å². The third kappa shape index (κ3) is 6.45. The Kier molecular flexibility index (Phi) is 9.26. The first-order valence-electron chi connectivity index (χ1n) is 21.0. The number of nitrogens with zero attached hydrogens (tertiary/aromatic N) is 1. The lowest BCUT2D eigenvalue weighted by Gasteiger charge is -2.28. The zero-order valence-electron chi connectivity index (χ0n) is 33.6. The summed E-state index contributed by atoms with van der Waals surface area (Å²) in [5.41, 5.74) is 15.4. The lowest BCUT2D eigenvalue weighted by molar-refractivity contribution is 1.30. The molecule has 0 saturated heterocycles. The van der Waals surface area contributed by atoms with Crippen LogP contribution in [0, 0.1) is 0 Å². The molecule has 61 heavy (non-hydrogen) atoms. The summed E-state index contributed by atoms with van der Waals surface area (Å²) in [4.78, 5) is 2.41. The molecule has 0 atom stereocenters. The van der Waals surface area contributed by atoms with E-state index in [0.29, 0.717) is 0 Å². The highest BCUT2D eigenvalue weighted by Gasteiger charge is 2.26. The Morgan fingerprint density at radius 2 is 0.672 bits per heavy atom. The van der Waals surface area contributed by atoms with Gasteiger partial charge in [-0.05, 0) is 113 Å². The van der Waals surface area contributed by atoms with E-state index in [9.17, 15) is 0 Å². The molecule has 1 nitrogen and oxygen atoms in total. The van der Waals surface area contributed by atoms with E-state index in [1.54, 1.807) is 0 Å². The van der Waals surface area contributed by atoms with E-state index in [2.05, 4.69) is 254 Å². The third-order valence-electron chi connectivity index (χ3n) is 12.0. The van der Waals surface area contributed by atoms with E-state index in [0.717, 1.165) is 22.6 Å². The summed E-state index contributed by atoms with van der Waals surface area (Å²) in [5, 5.41) is 7.40. The lowest BCUT2D eigenvalue weighted by Crippen LogP contribution is -2.10. The van der Waals surface area contributed by atoms with E-state index >= 15 is 0 Å². The van der Waals surface area contributed by atoms with Crippen LogP contribution in [0.1, 0.15) is 0 Å². The molecule has 0 heterocycles. The van der Waals surface area contributed by atoms with Crippen LogP contribution in [0.15, 0.2) is 249 Å². The van der Waals surface area contributed by atoms with Crippen LogP contribution in [0.4, 0.5) is 17.1 Å². The van der Waals surface area contributed by atoms with Crippen molar-refractivity contribution in [3.63, 3.8) is 0 Å². The molecule has 0 N–H and O–H groups in total. The third-order valence-corrected chi connectivity index (χ3v) is 12.0. The smallest absolute Gasteiger partial charge is 0.0546 e. The Hall–Kier alpha value is -8.00. The molecule has 0 radical (unpaired) electrons. The fourth-order valence-corrected chi connectivity index (χ4v) is 9.38. The minimum absolute atomic E-state index is 1.10. The number of hydrogen-bond donors (Lipinski definition) is 0. The predicted octanol–water partition coefficient (Wildman–Crippen LogP) is 17.0. The van der Waals surface area contributed by atoms with Crippen molar-refractivity contribution in [1.29, 1.82) is 0 Å². The number of rotatable bonds is 8. The van der Waals surface area contributed by atoms with Gasteiger partial charge in [0.15, 0.2) is 0 Å². The van der Waals surface area contributed by atoms with Gasteiger partial charge in [-0.15, -0.1) is 0 Å². The van der Waals surface area contributed by atoms with Crippen molar-refractivity contribution in [2.24, 2.45) is 0 Å². The number of hydrogen-bond acceptors (Lipinski definition) is 1. The molecule has 0 amide bonds. The van der Waals surface area contributed by atoms with Crippen molar-refractivity contribution in [2.75, 3.05) is 4.90 Å². The Balaban J connectivity index is 1.20. The van der Waals surface area contributed by atoms with Crippen molar-refractivity contribution in [3.8, 4) is 55.6 Å². The van der Waals surface area contributed by atoms with Gasteiger partial charge in [-0.3, -0.25) is 0 Å². The standard InChI is InChI=1S/C60H41N/c1-6-21-43(22-7-1)56-54-36-20-35-51(60(54)59(46-27-12-4-13-28-46)58(45-25-10-3-11-26-45)57(56)44-23-8-2-9-24-44)42-37-39-49(40-38-42)61(48-30-14-5-15-31-48)55-41-47-29-16-17-32-50(47)52-33-18-19-34-53(52)55/h1-41H. The largest absolute Gasteiger partial charge is 0.310 e. The topological polar surface area (TPSA) is 3.24 Å². The van der Waals surface area contributed by atoms with E-state index in [4.69, 9.17) is 0 Å². The Morgan fingerprint density at radius 3 is 1.26 bits per heavy atom. The lowest BCUT2D eigenvalue weighted by atomic mass is 9.77. The molecular weight excluding hydrogens is 735 g/mol. The summed E-state index contributed by atoms with van der Waals surface area (Å²) >= 11 is 0. The molecule has 1 heteroatoms. The maximum Gasteiger partial charge on any atom is 0.0546 e. The van der Waals surface area contributed by atoms with Crippen LogP contribution in [0.3, 0.4) is 0 Å². The number of fused-ring (bicyclic) bond motifs is 4. The van der Waals surface area contributed by atoms with Crippen LogP contribution in [-0.4, -0.2) is 0 Å². The molecule has 11 rings (SSSR count). The first-order chi connectivity index (χ1) is 30.3. The van der Waals surface area contributed by atoms with Crippen molar-refractivity contribution in [2.45, 2.75) is 0 Å². The first kappa shape index (κ1) is 36.1. The Labute approximate surface area is 357 Å². The molecule has 0 fully saturated rings. The van der Waals surface area contributed by atoms with Crippen molar-refractivity contribution >= 4 is 49.4 Å². The minimum atomic E-state index is 1.10. The van der Waals surface area contributed by atoms with Gasteiger partial charge in [0.1, 0.15) is 0 Å². The molecule has 0 aliphatic heterocycles. The van der Waals surface area contributed by atoms with Crippen LogP contribution >= 0.6 is 0 Å². The van der Waals surface area contributed by atoms with Gasteiger partial charge in [-0.25, -0.2) is 0 Å². The highest BCUT2D eigenvalue weighted by molar-refractivity contribution is 6.22. The van der Waals surface area contributed by atoms with Crippen LogP contribution in [0.5, 0.6) is 0 Å². The molecule has 0 unspecified atom stereocenters. The van der Waals surface area contributed by atoms with Gasteiger partial charge in [-0.2, -0.15) is 0 Å². The summed E-state index contributed by atoms with van der Waals surface area (Å²) in [6.07, 6.45) is 0. The zero-order chi connectivity index (χ0) is 40.5. The monoisotopic (exact) mass is 775 g/mol. The molecule has 0 aromatic heterocycles. The quantitative estimate of drug-likeness (QED) is 0.139. The minimum Gasteiger partial charge on any atom is -0.310 e. The second-order valence-corrected chi connectivity index (χ2v) is 15.6. The molecule has 11 aromatic rings. The average Bonchev–Trinajstić information content (AvgIpc) is 3.35. The van der Waals surface area contributed by atoms with Crippen molar-refractivity contribution < 1.29 is 0 Å². The first-order valence-corrected chi connectivity index (χ1v) is 21.0. The fourth-order valence-electron chi connectivity index (χ4n) is 9.38. The zero-order valence-corrected chi connectivity index (χ0v) is 33.6. The summed E-state index contributed by atoms with van der Waals surface area (Å²) < 4.78 is 0. The summed E-state index contributed by atoms with van der Waals surface area (Å²) in [6, 6.07) is 90.5. The van der Waals surface area contributed by atoms with Crippen molar-refractivity contribution in [1.82, 2.24) is 0 Å². The summed E-state index contributed by atoms with van der Waals surface area (Å²) in [5.74, 6) is 0. The molecule has 0 bridgehead atoms. The summed E-state index contributed by atoms with van der Waals surface area (Å²) in [7, 11) is 0. The Morgan fingerprint density at radius 1 is 0.246 bits per heavy atom. The molecular formula is C60H41N. The highest BCUT2D eigenvalue weighted by Crippen LogP contribution is 2.53. The Bertz CT molecular complexity index is 3300. The number of anilines is 3. The fraction of sp³-hybridized carbons (Fsp3) is 0. The van der Waals surface area contributed by atoms with Crippen LogP contribution in [-0.2, 0) is 0 Å². The molecule has 0 spiro atoms. The number of para-hydroxylation sites is 1. The molecule has 286 valence electrons. The van der Waals surface area contributed by atoms with E-state index < -0.39 is 0 Å². The van der Waals surface area contributed by atoms with E-state index in [1.165, 1.54) is 82.4 Å². The normalized spacial score (nSPS) is 11.3. The second kappa shape index (κ2) is 15.6. The maximum atomic E-state index is 2.41. The molecule has 0 saturated carbocycles. The number of benzene rings is 11. The van der Waals surface area contributed by atoms with Crippen LogP contribution < -0.4 is 4.90 Å².